The summed E-state index contributed by atoms with van der Waals surface area (Å²) in [5.74, 6) is -0.418. The highest BCUT2D eigenvalue weighted by Gasteiger charge is 2.20. The second kappa shape index (κ2) is 12.6. The predicted octanol–water partition coefficient (Wildman–Crippen LogP) is 2.90. The lowest BCUT2D eigenvalue weighted by atomic mass is 10.2. The first-order valence-corrected chi connectivity index (χ1v) is 9.87. The van der Waals surface area contributed by atoms with Gasteiger partial charge in [-0.1, -0.05) is 13.0 Å². The van der Waals surface area contributed by atoms with Gasteiger partial charge in [-0.25, -0.2) is 9.36 Å². The molecule has 1 atom stereocenters. The number of carbonyl (C=O) groups excluding carboxylic acids is 1. The lowest BCUT2D eigenvalue weighted by Crippen LogP contribution is -2.35. The normalized spacial score (nSPS) is 14.2. The van der Waals surface area contributed by atoms with Crippen LogP contribution >= 0.6 is 7.82 Å². The second-order valence-electron chi connectivity index (χ2n) is 6.64. The Balaban J connectivity index is 3.52. The van der Waals surface area contributed by atoms with Crippen molar-refractivity contribution in [3.05, 3.63) is 12.7 Å². The SMILES string of the molecule is C=CC(=O)OCCCCCCOP(=O)(O)OCCCC[N+](C)(C)C. The molecule has 0 aromatic carbocycles. The van der Waals surface area contributed by atoms with Crippen molar-refractivity contribution in [3.63, 3.8) is 0 Å². The lowest BCUT2D eigenvalue weighted by molar-refractivity contribution is -0.870. The van der Waals surface area contributed by atoms with Gasteiger partial charge in [0, 0.05) is 6.08 Å². The molecule has 0 aromatic rings. The zero-order chi connectivity index (χ0) is 18.5. The molecule has 0 aliphatic rings. The first-order valence-electron chi connectivity index (χ1n) is 8.38. The van der Waals surface area contributed by atoms with E-state index in [1.54, 1.807) is 0 Å². The molecule has 0 saturated heterocycles. The van der Waals surface area contributed by atoms with Gasteiger partial charge in [-0.05, 0) is 32.1 Å². The van der Waals surface area contributed by atoms with Gasteiger partial charge in [-0.3, -0.25) is 9.05 Å². The van der Waals surface area contributed by atoms with Crippen molar-refractivity contribution in [2.75, 3.05) is 47.5 Å². The summed E-state index contributed by atoms with van der Waals surface area (Å²) in [5.41, 5.74) is 0. The van der Waals surface area contributed by atoms with E-state index in [4.69, 9.17) is 13.8 Å². The Morgan fingerprint density at radius 2 is 1.50 bits per heavy atom. The van der Waals surface area contributed by atoms with Crippen LogP contribution in [0.15, 0.2) is 12.7 Å². The van der Waals surface area contributed by atoms with Gasteiger partial charge in [0.05, 0.1) is 47.5 Å². The van der Waals surface area contributed by atoms with E-state index in [9.17, 15) is 14.3 Å². The Hall–Kier alpha value is -0.720. The second-order valence-corrected chi connectivity index (χ2v) is 8.10. The molecule has 7 nitrogen and oxygen atoms in total. The van der Waals surface area contributed by atoms with Crippen LogP contribution in [0.3, 0.4) is 0 Å². The van der Waals surface area contributed by atoms with Crippen molar-refractivity contribution in [2.45, 2.75) is 38.5 Å². The number of unbranched alkanes of at least 4 members (excludes halogenated alkanes) is 4. The topological polar surface area (TPSA) is 82.1 Å². The van der Waals surface area contributed by atoms with Crippen LogP contribution < -0.4 is 0 Å². The number of rotatable bonds is 15. The Morgan fingerprint density at radius 3 is 2.00 bits per heavy atom. The number of quaternary nitrogens is 1. The number of esters is 1. The summed E-state index contributed by atoms with van der Waals surface area (Å²) < 4.78 is 27.2. The maximum absolute atomic E-state index is 11.7. The molecular formula is C16H33NO6P+. The van der Waals surface area contributed by atoms with E-state index < -0.39 is 13.8 Å². The van der Waals surface area contributed by atoms with Crippen LogP contribution in [0.25, 0.3) is 0 Å². The van der Waals surface area contributed by atoms with Gasteiger partial charge in [0.25, 0.3) is 0 Å². The van der Waals surface area contributed by atoms with Crippen LogP contribution in [0.2, 0.25) is 0 Å². The van der Waals surface area contributed by atoms with Gasteiger partial charge in [-0.15, -0.1) is 0 Å². The van der Waals surface area contributed by atoms with Gasteiger partial charge >= 0.3 is 13.8 Å². The van der Waals surface area contributed by atoms with E-state index in [0.29, 0.717) is 13.0 Å². The third-order valence-electron chi connectivity index (χ3n) is 3.18. The van der Waals surface area contributed by atoms with Crippen LogP contribution in [0, 0.1) is 0 Å². The molecule has 0 aromatic heterocycles. The highest BCUT2D eigenvalue weighted by molar-refractivity contribution is 7.47. The number of hydrogen-bond acceptors (Lipinski definition) is 5. The zero-order valence-electron chi connectivity index (χ0n) is 15.2. The lowest BCUT2D eigenvalue weighted by Gasteiger charge is -2.23. The highest BCUT2D eigenvalue weighted by Crippen LogP contribution is 2.43. The average Bonchev–Trinajstić information content (AvgIpc) is 2.47. The number of nitrogens with zero attached hydrogens (tertiary/aromatic N) is 1. The van der Waals surface area contributed by atoms with Crippen LogP contribution in [0.5, 0.6) is 0 Å². The van der Waals surface area contributed by atoms with Crippen molar-refractivity contribution in [3.8, 4) is 0 Å². The first kappa shape index (κ1) is 23.3. The van der Waals surface area contributed by atoms with E-state index in [-0.39, 0.29) is 13.2 Å². The fourth-order valence-electron chi connectivity index (χ4n) is 1.87. The van der Waals surface area contributed by atoms with Crippen molar-refractivity contribution >= 4 is 13.8 Å². The molecule has 0 heterocycles. The van der Waals surface area contributed by atoms with Crippen molar-refractivity contribution in [1.82, 2.24) is 0 Å². The quantitative estimate of drug-likeness (QED) is 0.158. The number of phosphoric ester groups is 1. The molecule has 0 radical (unpaired) electrons. The Labute approximate surface area is 145 Å². The van der Waals surface area contributed by atoms with Crippen molar-refractivity contribution in [1.29, 1.82) is 0 Å². The number of ether oxygens (including phenoxy) is 1. The molecule has 0 aliphatic carbocycles. The van der Waals surface area contributed by atoms with E-state index in [1.165, 1.54) is 0 Å². The van der Waals surface area contributed by atoms with Crippen molar-refractivity contribution < 1.29 is 32.5 Å². The maximum Gasteiger partial charge on any atom is 0.472 e. The van der Waals surface area contributed by atoms with E-state index in [2.05, 4.69) is 27.7 Å². The monoisotopic (exact) mass is 366 g/mol. The molecule has 0 rings (SSSR count). The zero-order valence-corrected chi connectivity index (χ0v) is 16.1. The molecule has 0 amide bonds. The maximum atomic E-state index is 11.7. The van der Waals surface area contributed by atoms with Gasteiger partial charge < -0.3 is 14.1 Å². The largest absolute Gasteiger partial charge is 0.472 e. The number of phosphoric acid groups is 1. The molecule has 1 N–H and O–H groups in total. The standard InChI is InChI=1S/C16H32NO6P/c1-5-16(18)21-13-9-6-7-10-14-22-24(19,20)23-15-11-8-12-17(2,3)4/h5H,1,6-15H2,2-4H3/p+1. The van der Waals surface area contributed by atoms with E-state index in [0.717, 1.165) is 49.2 Å². The Kier molecular flexibility index (Phi) is 12.2. The molecule has 1 unspecified atom stereocenters. The minimum atomic E-state index is -3.94. The summed E-state index contributed by atoms with van der Waals surface area (Å²) >= 11 is 0. The molecule has 0 spiro atoms. The smallest absolute Gasteiger partial charge is 0.463 e. The van der Waals surface area contributed by atoms with Crippen LogP contribution in [-0.4, -0.2) is 62.9 Å². The van der Waals surface area contributed by atoms with E-state index in [1.807, 2.05) is 0 Å². The highest BCUT2D eigenvalue weighted by atomic mass is 31.2. The number of carbonyl (C=O) groups is 1. The summed E-state index contributed by atoms with van der Waals surface area (Å²) in [6.45, 7) is 5.07. The van der Waals surface area contributed by atoms with Gasteiger partial charge in [-0.2, -0.15) is 0 Å². The fraction of sp³-hybridized carbons (Fsp3) is 0.812. The van der Waals surface area contributed by atoms with E-state index >= 15 is 0 Å². The average molecular weight is 366 g/mol. The molecular weight excluding hydrogens is 333 g/mol. The predicted molar refractivity (Wildman–Crippen MR) is 93.5 cm³/mol. The van der Waals surface area contributed by atoms with Crippen LogP contribution in [0.1, 0.15) is 38.5 Å². The summed E-state index contributed by atoms with van der Waals surface area (Å²) in [4.78, 5) is 20.3. The molecule has 24 heavy (non-hydrogen) atoms. The number of hydrogen-bond donors (Lipinski definition) is 1. The van der Waals surface area contributed by atoms with Crippen LogP contribution in [0.4, 0.5) is 0 Å². The van der Waals surface area contributed by atoms with Gasteiger partial charge in [0.1, 0.15) is 0 Å². The van der Waals surface area contributed by atoms with Gasteiger partial charge in [0.2, 0.25) is 0 Å². The molecule has 0 aliphatic heterocycles. The van der Waals surface area contributed by atoms with Gasteiger partial charge in [0.15, 0.2) is 0 Å². The fourth-order valence-corrected chi connectivity index (χ4v) is 2.67. The molecule has 0 fully saturated rings. The third kappa shape index (κ3) is 16.1. The summed E-state index contributed by atoms with van der Waals surface area (Å²) in [7, 11) is 2.37. The Bertz CT molecular complexity index is 408. The molecule has 142 valence electrons. The molecule has 0 bridgehead atoms. The van der Waals surface area contributed by atoms with Crippen LogP contribution in [-0.2, 0) is 23.1 Å². The molecule has 0 saturated carbocycles. The summed E-state index contributed by atoms with van der Waals surface area (Å²) in [6, 6.07) is 0. The minimum absolute atomic E-state index is 0.180. The summed E-state index contributed by atoms with van der Waals surface area (Å²) in [6.07, 6.45) is 5.89. The van der Waals surface area contributed by atoms with Crippen molar-refractivity contribution in [2.24, 2.45) is 0 Å². The Morgan fingerprint density at radius 1 is 1.00 bits per heavy atom. The first-order chi connectivity index (χ1) is 11.2. The molecule has 8 heteroatoms. The minimum Gasteiger partial charge on any atom is -0.463 e. The third-order valence-corrected chi connectivity index (χ3v) is 4.20. The summed E-state index contributed by atoms with van der Waals surface area (Å²) in [5, 5.41) is 0.